The van der Waals surface area contributed by atoms with Crippen molar-refractivity contribution in [1.82, 2.24) is 5.32 Å². The highest BCUT2D eigenvalue weighted by molar-refractivity contribution is 5.73. The summed E-state index contributed by atoms with van der Waals surface area (Å²) in [5.74, 6) is -0.191. The van der Waals surface area contributed by atoms with Gasteiger partial charge in [0.25, 0.3) is 0 Å². The molecule has 0 aromatic rings. The highest BCUT2D eigenvalue weighted by Gasteiger charge is 1.93. The van der Waals surface area contributed by atoms with Gasteiger partial charge in [-0.25, -0.2) is 0 Å². The number of carbonyl (C=O) groups excluding carboxylic acids is 1. The molecule has 3 nitrogen and oxygen atoms in total. The van der Waals surface area contributed by atoms with Crippen LogP contribution >= 0.6 is 0 Å². The van der Waals surface area contributed by atoms with Crippen LogP contribution in [0.2, 0.25) is 0 Å². The number of primary amides is 1. The lowest BCUT2D eigenvalue weighted by Crippen LogP contribution is -2.17. The third kappa shape index (κ3) is 9.43. The summed E-state index contributed by atoms with van der Waals surface area (Å²) in [5.41, 5.74) is 5.00. The van der Waals surface area contributed by atoms with Gasteiger partial charge in [-0.2, -0.15) is 0 Å². The van der Waals surface area contributed by atoms with E-state index in [-0.39, 0.29) is 5.91 Å². The summed E-state index contributed by atoms with van der Waals surface area (Å²) in [5, 5.41) is 3.31. The fraction of sp³-hybridized carbons (Fsp3) is 0.889. The zero-order chi connectivity index (χ0) is 9.23. The van der Waals surface area contributed by atoms with Gasteiger partial charge in [0.2, 0.25) is 5.91 Å². The van der Waals surface area contributed by atoms with Crippen LogP contribution in [0.3, 0.4) is 0 Å². The minimum Gasteiger partial charge on any atom is -0.370 e. The summed E-state index contributed by atoms with van der Waals surface area (Å²) in [7, 11) is 0. The fourth-order valence-electron chi connectivity index (χ4n) is 0.976. The number of carbonyl (C=O) groups is 1. The maximum Gasteiger partial charge on any atom is 0.217 e. The standard InChI is InChI=1S/C9H20N2O/c1-2-3-7-11-8-5-4-6-9(10)12/h11H,2-8H2,1H3,(H2,10,12). The van der Waals surface area contributed by atoms with Crippen LogP contribution in [-0.4, -0.2) is 19.0 Å². The molecule has 72 valence electrons. The van der Waals surface area contributed by atoms with Gasteiger partial charge >= 0.3 is 0 Å². The molecular formula is C9H20N2O. The fourth-order valence-corrected chi connectivity index (χ4v) is 0.976. The molecule has 0 rings (SSSR count). The minimum absolute atomic E-state index is 0.191. The Bertz CT molecular complexity index is 115. The van der Waals surface area contributed by atoms with Crippen molar-refractivity contribution in [2.75, 3.05) is 13.1 Å². The predicted octanol–water partition coefficient (Wildman–Crippen LogP) is 1.03. The molecular weight excluding hydrogens is 152 g/mol. The lowest BCUT2D eigenvalue weighted by atomic mass is 10.2. The molecule has 0 aliphatic heterocycles. The zero-order valence-electron chi connectivity index (χ0n) is 7.94. The number of unbranched alkanes of at least 4 members (excludes halogenated alkanes) is 2. The molecule has 0 aliphatic rings. The number of rotatable bonds is 8. The highest BCUT2D eigenvalue weighted by atomic mass is 16.1. The monoisotopic (exact) mass is 172 g/mol. The van der Waals surface area contributed by atoms with E-state index in [1.807, 2.05) is 0 Å². The highest BCUT2D eigenvalue weighted by Crippen LogP contribution is 1.92. The molecule has 0 atom stereocenters. The first kappa shape index (κ1) is 11.4. The van der Waals surface area contributed by atoms with Gasteiger partial charge < -0.3 is 11.1 Å². The van der Waals surface area contributed by atoms with Gasteiger partial charge in [-0.3, -0.25) is 4.79 Å². The van der Waals surface area contributed by atoms with Crippen molar-refractivity contribution in [2.24, 2.45) is 5.73 Å². The van der Waals surface area contributed by atoms with Crippen molar-refractivity contribution in [3.63, 3.8) is 0 Å². The molecule has 0 unspecified atom stereocenters. The minimum atomic E-state index is -0.191. The van der Waals surface area contributed by atoms with Crippen molar-refractivity contribution in [1.29, 1.82) is 0 Å². The Morgan fingerprint density at radius 2 is 1.92 bits per heavy atom. The Balaban J connectivity index is 2.86. The molecule has 0 radical (unpaired) electrons. The van der Waals surface area contributed by atoms with Gasteiger partial charge in [-0.1, -0.05) is 13.3 Å². The second-order valence-electron chi connectivity index (χ2n) is 3.03. The van der Waals surface area contributed by atoms with E-state index in [0.717, 1.165) is 25.9 Å². The molecule has 0 heterocycles. The first-order valence-corrected chi connectivity index (χ1v) is 4.76. The average Bonchev–Trinajstić information content (AvgIpc) is 2.02. The summed E-state index contributed by atoms with van der Waals surface area (Å²) < 4.78 is 0. The van der Waals surface area contributed by atoms with Gasteiger partial charge in [-0.05, 0) is 32.4 Å². The predicted molar refractivity (Wildman–Crippen MR) is 50.8 cm³/mol. The number of nitrogens with two attached hydrogens (primary N) is 1. The topological polar surface area (TPSA) is 55.1 Å². The summed E-state index contributed by atoms with van der Waals surface area (Å²) >= 11 is 0. The molecule has 0 aliphatic carbocycles. The lowest BCUT2D eigenvalue weighted by Gasteiger charge is -2.01. The number of nitrogens with one attached hydrogen (secondary N) is 1. The van der Waals surface area contributed by atoms with Crippen LogP contribution in [0.1, 0.15) is 39.0 Å². The maximum absolute atomic E-state index is 10.3. The van der Waals surface area contributed by atoms with Gasteiger partial charge in [0, 0.05) is 6.42 Å². The van der Waals surface area contributed by atoms with Crippen molar-refractivity contribution in [3.05, 3.63) is 0 Å². The number of amides is 1. The van der Waals surface area contributed by atoms with Gasteiger partial charge in [-0.15, -0.1) is 0 Å². The maximum atomic E-state index is 10.3. The molecule has 1 amide bonds. The first-order valence-electron chi connectivity index (χ1n) is 4.76. The average molecular weight is 172 g/mol. The van der Waals surface area contributed by atoms with Gasteiger partial charge in [0.15, 0.2) is 0 Å². The van der Waals surface area contributed by atoms with Crippen LogP contribution in [-0.2, 0) is 4.79 Å². The van der Waals surface area contributed by atoms with Crippen LogP contribution < -0.4 is 11.1 Å². The summed E-state index contributed by atoms with van der Waals surface area (Å²) in [4.78, 5) is 10.3. The molecule has 12 heavy (non-hydrogen) atoms. The quantitative estimate of drug-likeness (QED) is 0.537. The van der Waals surface area contributed by atoms with E-state index in [9.17, 15) is 4.79 Å². The molecule has 0 aromatic heterocycles. The Hall–Kier alpha value is -0.570. The van der Waals surface area contributed by atoms with Crippen LogP contribution in [0.4, 0.5) is 0 Å². The van der Waals surface area contributed by atoms with E-state index in [4.69, 9.17) is 5.73 Å². The van der Waals surface area contributed by atoms with Gasteiger partial charge in [0.1, 0.15) is 0 Å². The van der Waals surface area contributed by atoms with E-state index in [1.165, 1.54) is 12.8 Å². The summed E-state index contributed by atoms with van der Waals surface area (Å²) in [6.45, 7) is 4.27. The third-order valence-corrected chi connectivity index (χ3v) is 1.73. The lowest BCUT2D eigenvalue weighted by molar-refractivity contribution is -0.118. The Labute approximate surface area is 74.7 Å². The molecule has 3 N–H and O–H groups in total. The Kier molecular flexibility index (Phi) is 8.12. The largest absolute Gasteiger partial charge is 0.370 e. The van der Waals surface area contributed by atoms with Crippen molar-refractivity contribution >= 4 is 5.91 Å². The molecule has 0 aromatic carbocycles. The molecule has 0 saturated heterocycles. The van der Waals surface area contributed by atoms with E-state index in [1.54, 1.807) is 0 Å². The third-order valence-electron chi connectivity index (χ3n) is 1.73. The van der Waals surface area contributed by atoms with Crippen LogP contribution in [0, 0.1) is 0 Å². The van der Waals surface area contributed by atoms with Crippen LogP contribution in [0.5, 0.6) is 0 Å². The van der Waals surface area contributed by atoms with Gasteiger partial charge in [0.05, 0.1) is 0 Å². The molecule has 0 saturated carbocycles. The molecule has 0 spiro atoms. The summed E-state index contributed by atoms with van der Waals surface area (Å²) in [6, 6.07) is 0. The number of hydrogen-bond acceptors (Lipinski definition) is 2. The smallest absolute Gasteiger partial charge is 0.217 e. The second-order valence-corrected chi connectivity index (χ2v) is 3.03. The van der Waals surface area contributed by atoms with E-state index >= 15 is 0 Å². The second kappa shape index (κ2) is 8.53. The van der Waals surface area contributed by atoms with Crippen molar-refractivity contribution in [2.45, 2.75) is 39.0 Å². The van der Waals surface area contributed by atoms with E-state index in [2.05, 4.69) is 12.2 Å². The zero-order valence-corrected chi connectivity index (χ0v) is 7.94. The van der Waals surface area contributed by atoms with E-state index in [0.29, 0.717) is 6.42 Å². The summed E-state index contributed by atoms with van der Waals surface area (Å²) in [6.07, 6.45) is 4.95. The van der Waals surface area contributed by atoms with Crippen LogP contribution in [0.15, 0.2) is 0 Å². The first-order chi connectivity index (χ1) is 5.77. The molecule has 0 bridgehead atoms. The van der Waals surface area contributed by atoms with E-state index < -0.39 is 0 Å². The van der Waals surface area contributed by atoms with Crippen molar-refractivity contribution in [3.8, 4) is 0 Å². The molecule has 0 fully saturated rings. The number of hydrogen-bond donors (Lipinski definition) is 2. The van der Waals surface area contributed by atoms with Crippen LogP contribution in [0.25, 0.3) is 0 Å². The molecule has 3 heteroatoms. The normalized spacial score (nSPS) is 10.1. The van der Waals surface area contributed by atoms with Crippen molar-refractivity contribution < 1.29 is 4.79 Å². The SMILES string of the molecule is CCCCNCCCCC(N)=O. The Morgan fingerprint density at radius 1 is 1.25 bits per heavy atom. The Morgan fingerprint density at radius 3 is 2.50 bits per heavy atom.